The Kier molecular flexibility index (Phi) is 6.54. The lowest BCUT2D eigenvalue weighted by Crippen LogP contribution is -2.30. The van der Waals surface area contributed by atoms with Crippen molar-refractivity contribution in [2.45, 2.75) is 38.7 Å². The quantitative estimate of drug-likeness (QED) is 0.547. The van der Waals surface area contributed by atoms with Crippen molar-refractivity contribution in [3.8, 4) is 0 Å². The number of hydrogen-bond acceptors (Lipinski definition) is 3. The molecule has 0 aliphatic heterocycles. The van der Waals surface area contributed by atoms with Gasteiger partial charge in [0.25, 0.3) is 0 Å². The molecule has 2 atom stereocenters. The van der Waals surface area contributed by atoms with Gasteiger partial charge in [0.15, 0.2) is 0 Å². The molecular weight excluding hydrogens is 170 g/mol. The zero-order chi connectivity index (χ0) is 10.3. The first kappa shape index (κ1) is 12.4. The summed E-state index contributed by atoms with van der Waals surface area (Å²) in [6.07, 6.45) is 2.02. The molecule has 0 saturated heterocycles. The van der Waals surface area contributed by atoms with Gasteiger partial charge in [-0.15, -0.1) is 0 Å². The van der Waals surface area contributed by atoms with Crippen LogP contribution in [0.5, 0.6) is 0 Å². The molecule has 0 saturated carbocycles. The molecule has 0 unspecified atom stereocenters. The lowest BCUT2D eigenvalue weighted by Gasteiger charge is -2.19. The number of aliphatic hydroxyl groups is 1. The third-order valence-electron chi connectivity index (χ3n) is 2.15. The summed E-state index contributed by atoms with van der Waals surface area (Å²) in [4.78, 5) is 10.4. The van der Waals surface area contributed by atoms with Crippen LogP contribution in [0.3, 0.4) is 0 Å². The molecule has 0 radical (unpaired) electrons. The third kappa shape index (κ3) is 5.60. The van der Waals surface area contributed by atoms with E-state index in [1.54, 1.807) is 0 Å². The second-order valence-electron chi connectivity index (χ2n) is 3.30. The molecule has 4 nitrogen and oxygen atoms in total. The summed E-state index contributed by atoms with van der Waals surface area (Å²) in [5, 5.41) is 18.0. The van der Waals surface area contributed by atoms with Crippen molar-refractivity contribution in [3.05, 3.63) is 0 Å². The topological polar surface area (TPSA) is 83.5 Å². The standard InChI is InChI=1S/C9H19NO3/c1-2-3-4-7(5-9(12)13)8(11)6-10/h7-8,11H,2-6,10H2,1H3,(H,12,13)/t7-,8+/m0/s1. The molecule has 4 heteroatoms. The van der Waals surface area contributed by atoms with Crippen LogP contribution in [-0.2, 0) is 4.79 Å². The van der Waals surface area contributed by atoms with Crippen molar-refractivity contribution >= 4 is 5.97 Å². The number of unbranched alkanes of at least 4 members (excludes halogenated alkanes) is 1. The summed E-state index contributed by atoms with van der Waals surface area (Å²) in [5.74, 6) is -1.06. The van der Waals surface area contributed by atoms with Crippen molar-refractivity contribution in [3.63, 3.8) is 0 Å². The van der Waals surface area contributed by atoms with Crippen LogP contribution in [0, 0.1) is 5.92 Å². The second-order valence-corrected chi connectivity index (χ2v) is 3.30. The van der Waals surface area contributed by atoms with Gasteiger partial charge in [-0.05, 0) is 12.3 Å². The minimum Gasteiger partial charge on any atom is -0.481 e. The maximum atomic E-state index is 10.4. The van der Waals surface area contributed by atoms with Crippen LogP contribution in [0.25, 0.3) is 0 Å². The Hall–Kier alpha value is -0.610. The highest BCUT2D eigenvalue weighted by molar-refractivity contribution is 5.67. The highest BCUT2D eigenvalue weighted by Crippen LogP contribution is 2.16. The van der Waals surface area contributed by atoms with Gasteiger partial charge >= 0.3 is 5.97 Å². The van der Waals surface area contributed by atoms with Crippen LogP contribution >= 0.6 is 0 Å². The maximum absolute atomic E-state index is 10.4. The molecule has 0 fully saturated rings. The number of carbonyl (C=O) groups is 1. The van der Waals surface area contributed by atoms with E-state index >= 15 is 0 Å². The molecule has 0 aromatic heterocycles. The normalized spacial score (nSPS) is 15.3. The first-order chi connectivity index (χ1) is 6.11. The van der Waals surface area contributed by atoms with Gasteiger partial charge in [0.2, 0.25) is 0 Å². The maximum Gasteiger partial charge on any atom is 0.303 e. The molecule has 0 amide bonds. The molecule has 0 bridgehead atoms. The lowest BCUT2D eigenvalue weighted by molar-refractivity contribution is -0.139. The number of rotatable bonds is 7. The SMILES string of the molecule is CCCC[C@@H](CC(=O)O)[C@H](O)CN. The summed E-state index contributed by atoms with van der Waals surface area (Å²) in [5.41, 5.74) is 5.28. The van der Waals surface area contributed by atoms with Crippen molar-refractivity contribution in [1.82, 2.24) is 0 Å². The number of nitrogens with two attached hydrogens (primary N) is 1. The molecule has 0 rings (SSSR count). The van der Waals surface area contributed by atoms with Crippen LogP contribution in [-0.4, -0.2) is 28.8 Å². The number of hydrogen-bond donors (Lipinski definition) is 3. The Labute approximate surface area is 78.7 Å². The van der Waals surface area contributed by atoms with Gasteiger partial charge in [-0.25, -0.2) is 0 Å². The van der Waals surface area contributed by atoms with E-state index in [1.165, 1.54) is 0 Å². The van der Waals surface area contributed by atoms with Gasteiger partial charge in [0, 0.05) is 6.54 Å². The van der Waals surface area contributed by atoms with E-state index in [1.807, 2.05) is 6.92 Å². The molecule has 0 aromatic rings. The molecular formula is C9H19NO3. The predicted octanol–water partition coefficient (Wildman–Crippen LogP) is 0.587. The van der Waals surface area contributed by atoms with Crippen molar-refractivity contribution < 1.29 is 15.0 Å². The predicted molar refractivity (Wildman–Crippen MR) is 50.3 cm³/mol. The smallest absolute Gasteiger partial charge is 0.303 e. The van der Waals surface area contributed by atoms with E-state index in [4.69, 9.17) is 10.8 Å². The van der Waals surface area contributed by atoms with Gasteiger partial charge in [-0.2, -0.15) is 0 Å². The summed E-state index contributed by atoms with van der Waals surface area (Å²) in [6.45, 7) is 2.17. The number of aliphatic hydroxyl groups excluding tert-OH is 1. The van der Waals surface area contributed by atoms with Gasteiger partial charge in [-0.3, -0.25) is 4.79 Å². The number of carboxylic acid groups (broad SMARTS) is 1. The number of aliphatic carboxylic acids is 1. The molecule has 0 aliphatic carbocycles. The van der Waals surface area contributed by atoms with E-state index in [9.17, 15) is 9.90 Å². The first-order valence-electron chi connectivity index (χ1n) is 4.71. The van der Waals surface area contributed by atoms with Crippen LogP contribution in [0.2, 0.25) is 0 Å². The van der Waals surface area contributed by atoms with E-state index in [0.29, 0.717) is 0 Å². The van der Waals surface area contributed by atoms with Crippen molar-refractivity contribution in [2.75, 3.05) is 6.54 Å². The van der Waals surface area contributed by atoms with Gasteiger partial charge in [0.1, 0.15) is 0 Å². The molecule has 4 N–H and O–H groups in total. The molecule has 0 heterocycles. The van der Waals surface area contributed by atoms with Crippen LogP contribution in [0.4, 0.5) is 0 Å². The highest BCUT2D eigenvalue weighted by atomic mass is 16.4. The van der Waals surface area contributed by atoms with Gasteiger partial charge < -0.3 is 15.9 Å². The third-order valence-corrected chi connectivity index (χ3v) is 2.15. The lowest BCUT2D eigenvalue weighted by atomic mass is 9.93. The Balaban J connectivity index is 3.94. The van der Waals surface area contributed by atoms with Crippen LogP contribution < -0.4 is 5.73 Å². The van der Waals surface area contributed by atoms with Gasteiger partial charge in [0.05, 0.1) is 12.5 Å². The minimum absolute atomic E-state index is 0.0123. The minimum atomic E-state index is -0.867. The fourth-order valence-electron chi connectivity index (χ4n) is 1.31. The Morgan fingerprint density at radius 2 is 2.15 bits per heavy atom. The molecule has 0 aliphatic rings. The average molecular weight is 189 g/mol. The highest BCUT2D eigenvalue weighted by Gasteiger charge is 2.20. The Morgan fingerprint density at radius 3 is 2.54 bits per heavy atom. The van der Waals surface area contributed by atoms with E-state index in [-0.39, 0.29) is 18.9 Å². The van der Waals surface area contributed by atoms with Gasteiger partial charge in [-0.1, -0.05) is 19.8 Å². The summed E-state index contributed by atoms with van der Waals surface area (Å²) >= 11 is 0. The zero-order valence-corrected chi connectivity index (χ0v) is 8.07. The van der Waals surface area contributed by atoms with Crippen molar-refractivity contribution in [1.29, 1.82) is 0 Å². The van der Waals surface area contributed by atoms with Crippen molar-refractivity contribution in [2.24, 2.45) is 11.7 Å². The summed E-state index contributed by atoms with van der Waals surface area (Å²) in [6, 6.07) is 0. The molecule has 78 valence electrons. The van der Waals surface area contributed by atoms with Crippen LogP contribution in [0.1, 0.15) is 32.6 Å². The molecule has 0 aromatic carbocycles. The van der Waals surface area contributed by atoms with E-state index < -0.39 is 12.1 Å². The summed E-state index contributed by atoms with van der Waals surface area (Å²) in [7, 11) is 0. The second kappa shape index (κ2) is 6.86. The average Bonchev–Trinajstić information content (AvgIpc) is 2.10. The molecule has 13 heavy (non-hydrogen) atoms. The fraction of sp³-hybridized carbons (Fsp3) is 0.889. The fourth-order valence-corrected chi connectivity index (χ4v) is 1.31. The monoisotopic (exact) mass is 189 g/mol. The summed E-state index contributed by atoms with van der Waals surface area (Å²) < 4.78 is 0. The Bertz CT molecular complexity index is 150. The zero-order valence-electron chi connectivity index (χ0n) is 8.07. The Morgan fingerprint density at radius 1 is 1.54 bits per heavy atom. The molecule has 0 spiro atoms. The first-order valence-corrected chi connectivity index (χ1v) is 4.71. The largest absolute Gasteiger partial charge is 0.481 e. The van der Waals surface area contributed by atoms with E-state index in [0.717, 1.165) is 19.3 Å². The van der Waals surface area contributed by atoms with Crippen LogP contribution in [0.15, 0.2) is 0 Å². The van der Waals surface area contributed by atoms with E-state index in [2.05, 4.69) is 0 Å². The number of carboxylic acids is 1.